The number of benzene rings is 2. The second-order valence-electron chi connectivity index (χ2n) is 5.92. The minimum Gasteiger partial charge on any atom is -0.486 e. The Morgan fingerprint density at radius 1 is 1.12 bits per heavy atom. The van der Waals surface area contributed by atoms with E-state index in [1.807, 2.05) is 25.1 Å². The first-order valence-corrected chi connectivity index (χ1v) is 8.55. The van der Waals surface area contributed by atoms with Gasteiger partial charge in [0.05, 0.1) is 13.2 Å². The third-order valence-electron chi connectivity index (χ3n) is 3.71. The van der Waals surface area contributed by atoms with Crippen molar-refractivity contribution in [3.8, 4) is 5.75 Å². The fourth-order valence-electron chi connectivity index (χ4n) is 2.44. The van der Waals surface area contributed by atoms with E-state index in [1.54, 1.807) is 32.4 Å². The van der Waals surface area contributed by atoms with Crippen molar-refractivity contribution < 1.29 is 13.9 Å². The van der Waals surface area contributed by atoms with Crippen LogP contribution >= 0.6 is 0 Å². The maximum atomic E-state index is 13.6. The van der Waals surface area contributed by atoms with E-state index in [0.29, 0.717) is 25.7 Å². The van der Waals surface area contributed by atoms with Crippen LogP contribution in [0, 0.1) is 5.82 Å². The minimum absolute atomic E-state index is 0.213. The molecule has 1 atom stereocenters. The van der Waals surface area contributed by atoms with Crippen LogP contribution in [-0.2, 0) is 17.9 Å². The van der Waals surface area contributed by atoms with Crippen molar-refractivity contribution in [3.05, 3.63) is 65.5 Å². The van der Waals surface area contributed by atoms with Gasteiger partial charge in [0.15, 0.2) is 17.5 Å². The Kier molecular flexibility index (Phi) is 7.89. The maximum Gasteiger partial charge on any atom is 0.191 e. The molecule has 2 aromatic rings. The molecule has 0 saturated heterocycles. The predicted octanol–water partition coefficient (Wildman–Crippen LogP) is 3.10. The van der Waals surface area contributed by atoms with Crippen LogP contribution in [0.4, 0.5) is 4.39 Å². The van der Waals surface area contributed by atoms with Gasteiger partial charge in [-0.1, -0.05) is 36.4 Å². The summed E-state index contributed by atoms with van der Waals surface area (Å²) in [5.74, 6) is 0.545. The maximum absolute atomic E-state index is 13.6. The lowest BCUT2D eigenvalue weighted by molar-refractivity contribution is 0.185. The Hall–Kier alpha value is -2.60. The number of hydrogen-bond donors (Lipinski definition) is 2. The monoisotopic (exact) mass is 359 g/mol. The van der Waals surface area contributed by atoms with Gasteiger partial charge in [0.25, 0.3) is 0 Å². The van der Waals surface area contributed by atoms with Gasteiger partial charge in [0.1, 0.15) is 6.10 Å². The van der Waals surface area contributed by atoms with Gasteiger partial charge in [-0.25, -0.2) is 4.39 Å². The minimum atomic E-state index is -0.363. The van der Waals surface area contributed by atoms with Crippen molar-refractivity contribution in [1.82, 2.24) is 10.6 Å². The molecular weight excluding hydrogens is 333 g/mol. The molecule has 2 aromatic carbocycles. The smallest absolute Gasteiger partial charge is 0.191 e. The van der Waals surface area contributed by atoms with Crippen molar-refractivity contribution in [2.75, 3.05) is 20.7 Å². The fraction of sp³-hybridized carbons (Fsp3) is 0.350. The highest BCUT2D eigenvalue weighted by Crippen LogP contribution is 2.16. The molecule has 0 amide bonds. The number of methoxy groups -OCH3 is 1. The number of rotatable bonds is 8. The Labute approximate surface area is 154 Å². The summed E-state index contributed by atoms with van der Waals surface area (Å²) in [5, 5.41) is 6.44. The van der Waals surface area contributed by atoms with Crippen LogP contribution in [0.5, 0.6) is 5.75 Å². The summed E-state index contributed by atoms with van der Waals surface area (Å²) in [6.45, 7) is 3.60. The molecule has 2 rings (SSSR count). The first-order valence-electron chi connectivity index (χ1n) is 8.55. The number of para-hydroxylation sites is 1. The summed E-state index contributed by atoms with van der Waals surface area (Å²) in [4.78, 5) is 4.20. The van der Waals surface area contributed by atoms with Crippen LogP contribution in [0.15, 0.2) is 53.5 Å². The third kappa shape index (κ3) is 6.37. The van der Waals surface area contributed by atoms with Crippen LogP contribution in [-0.4, -0.2) is 32.8 Å². The highest BCUT2D eigenvalue weighted by Gasteiger charge is 2.09. The fourth-order valence-corrected chi connectivity index (χ4v) is 2.44. The molecule has 2 N–H and O–H groups in total. The van der Waals surface area contributed by atoms with Crippen LogP contribution in [0.3, 0.4) is 0 Å². The van der Waals surface area contributed by atoms with Gasteiger partial charge in [-0.15, -0.1) is 0 Å². The first-order chi connectivity index (χ1) is 12.6. The molecule has 6 heteroatoms. The van der Waals surface area contributed by atoms with Gasteiger partial charge >= 0.3 is 0 Å². The molecule has 26 heavy (non-hydrogen) atoms. The van der Waals surface area contributed by atoms with E-state index in [1.165, 1.54) is 6.07 Å². The van der Waals surface area contributed by atoms with Crippen LogP contribution in [0.1, 0.15) is 18.1 Å². The molecule has 0 aliphatic carbocycles. The molecular formula is C20H26FN3O2. The highest BCUT2D eigenvalue weighted by atomic mass is 19.1. The van der Waals surface area contributed by atoms with Gasteiger partial charge in [-0.3, -0.25) is 4.99 Å². The van der Waals surface area contributed by atoms with Crippen LogP contribution in [0.2, 0.25) is 0 Å². The lowest BCUT2D eigenvalue weighted by atomic mass is 10.1. The molecule has 0 heterocycles. The van der Waals surface area contributed by atoms with Gasteiger partial charge in [0, 0.05) is 20.7 Å². The molecule has 0 fully saturated rings. The molecule has 0 aliphatic rings. The van der Waals surface area contributed by atoms with Gasteiger partial charge in [-0.2, -0.15) is 0 Å². The molecule has 0 aromatic heterocycles. The van der Waals surface area contributed by atoms with E-state index in [2.05, 4.69) is 21.7 Å². The quantitative estimate of drug-likeness (QED) is 0.562. The molecule has 0 radical (unpaired) electrons. The first kappa shape index (κ1) is 19.7. The molecule has 0 spiro atoms. The van der Waals surface area contributed by atoms with Crippen molar-refractivity contribution in [3.63, 3.8) is 0 Å². The molecule has 1 unspecified atom stereocenters. The van der Waals surface area contributed by atoms with Crippen molar-refractivity contribution in [1.29, 1.82) is 0 Å². The summed E-state index contributed by atoms with van der Waals surface area (Å²) in [5.41, 5.74) is 2.26. The van der Waals surface area contributed by atoms with Gasteiger partial charge < -0.3 is 20.1 Å². The number of aliphatic imine (C=N–C) groups is 1. The normalized spacial score (nSPS) is 12.5. The molecule has 0 aliphatic heterocycles. The van der Waals surface area contributed by atoms with E-state index in [-0.39, 0.29) is 17.7 Å². The summed E-state index contributed by atoms with van der Waals surface area (Å²) in [7, 11) is 3.39. The van der Waals surface area contributed by atoms with Crippen molar-refractivity contribution >= 4 is 5.96 Å². The highest BCUT2D eigenvalue weighted by molar-refractivity contribution is 5.79. The number of guanidine groups is 1. The molecule has 0 bridgehead atoms. The van der Waals surface area contributed by atoms with Crippen molar-refractivity contribution in [2.45, 2.75) is 26.2 Å². The number of nitrogens with one attached hydrogen (secondary N) is 2. The topological polar surface area (TPSA) is 54.9 Å². The molecule has 5 nitrogen and oxygen atoms in total. The van der Waals surface area contributed by atoms with E-state index >= 15 is 0 Å². The number of halogens is 1. The van der Waals surface area contributed by atoms with E-state index in [4.69, 9.17) is 9.47 Å². The standard InChI is InChI=1S/C20H26FN3O2/c1-15(26-19-10-5-4-9-18(19)21)12-23-20(22-2)24-13-16-7-6-8-17(11-16)14-25-3/h4-11,15H,12-14H2,1-3H3,(H2,22,23,24). The van der Waals surface area contributed by atoms with Gasteiger partial charge in [0.2, 0.25) is 0 Å². The predicted molar refractivity (Wildman–Crippen MR) is 102 cm³/mol. The zero-order chi connectivity index (χ0) is 18.8. The van der Waals surface area contributed by atoms with Crippen LogP contribution in [0.25, 0.3) is 0 Å². The average molecular weight is 359 g/mol. The molecule has 0 saturated carbocycles. The largest absolute Gasteiger partial charge is 0.486 e. The Morgan fingerprint density at radius 2 is 1.88 bits per heavy atom. The molecule has 140 valence electrons. The summed E-state index contributed by atoms with van der Waals surface area (Å²) in [6.07, 6.45) is -0.213. The van der Waals surface area contributed by atoms with E-state index in [0.717, 1.165) is 11.1 Å². The van der Waals surface area contributed by atoms with Crippen molar-refractivity contribution in [2.24, 2.45) is 4.99 Å². The zero-order valence-electron chi connectivity index (χ0n) is 15.5. The lowest BCUT2D eigenvalue weighted by Crippen LogP contribution is -2.41. The zero-order valence-corrected chi connectivity index (χ0v) is 15.5. The summed E-state index contributed by atoms with van der Waals surface area (Å²) < 4.78 is 24.4. The van der Waals surface area contributed by atoms with Gasteiger partial charge in [-0.05, 0) is 30.2 Å². The number of ether oxygens (including phenoxy) is 2. The third-order valence-corrected chi connectivity index (χ3v) is 3.71. The Morgan fingerprint density at radius 3 is 2.62 bits per heavy atom. The van der Waals surface area contributed by atoms with E-state index < -0.39 is 0 Å². The second kappa shape index (κ2) is 10.4. The number of hydrogen-bond acceptors (Lipinski definition) is 3. The SMILES string of the molecule is CN=C(NCc1cccc(COC)c1)NCC(C)Oc1ccccc1F. The summed E-state index contributed by atoms with van der Waals surface area (Å²) >= 11 is 0. The number of nitrogens with zero attached hydrogens (tertiary/aromatic N) is 1. The second-order valence-corrected chi connectivity index (χ2v) is 5.92. The Bertz CT molecular complexity index is 722. The average Bonchev–Trinajstić information content (AvgIpc) is 2.64. The Balaban J connectivity index is 1.80. The van der Waals surface area contributed by atoms with Crippen LogP contribution < -0.4 is 15.4 Å². The lowest BCUT2D eigenvalue weighted by Gasteiger charge is -2.18. The summed E-state index contributed by atoms with van der Waals surface area (Å²) in [6, 6.07) is 14.6. The van der Waals surface area contributed by atoms with E-state index in [9.17, 15) is 4.39 Å².